The zero-order valence-corrected chi connectivity index (χ0v) is 16.9. The predicted molar refractivity (Wildman–Crippen MR) is 103 cm³/mol. The van der Waals surface area contributed by atoms with E-state index in [9.17, 15) is 18.0 Å². The van der Waals surface area contributed by atoms with E-state index >= 15 is 0 Å². The topological polar surface area (TPSA) is 95.6 Å². The van der Waals surface area contributed by atoms with E-state index < -0.39 is 26.9 Å². The van der Waals surface area contributed by atoms with Crippen LogP contribution >= 0.6 is 22.7 Å². The summed E-state index contributed by atoms with van der Waals surface area (Å²) in [6, 6.07) is 6.67. The van der Waals surface area contributed by atoms with Gasteiger partial charge in [0.25, 0.3) is 0 Å². The summed E-state index contributed by atoms with van der Waals surface area (Å²) in [5, 5.41) is 7.48. The maximum absolute atomic E-state index is 12.9. The molecule has 142 valence electrons. The first kappa shape index (κ1) is 20.6. The third kappa shape index (κ3) is 5.37. The van der Waals surface area contributed by atoms with Crippen LogP contribution in [-0.4, -0.2) is 58.9 Å². The average Bonchev–Trinajstić information content (AvgIpc) is 3.28. The monoisotopic (exact) mass is 415 g/mol. The van der Waals surface area contributed by atoms with Gasteiger partial charge in [0, 0.05) is 24.5 Å². The number of hydrogen-bond acceptors (Lipinski definition) is 7. The van der Waals surface area contributed by atoms with Crippen LogP contribution in [0.4, 0.5) is 0 Å². The lowest BCUT2D eigenvalue weighted by Crippen LogP contribution is -2.43. The number of amides is 2. The highest BCUT2D eigenvalue weighted by Gasteiger charge is 2.31. The number of sulfone groups is 1. The second-order valence-corrected chi connectivity index (χ2v) is 10.0. The summed E-state index contributed by atoms with van der Waals surface area (Å²) < 4.78 is 26.0. The highest BCUT2D eigenvalue weighted by molar-refractivity contribution is 7.93. The van der Waals surface area contributed by atoms with E-state index in [0.29, 0.717) is 18.0 Å². The molecule has 0 aromatic carbocycles. The number of carbonyl (C=O) groups is 2. The van der Waals surface area contributed by atoms with Crippen LogP contribution in [0.3, 0.4) is 0 Å². The van der Waals surface area contributed by atoms with Crippen LogP contribution in [0.1, 0.15) is 10.1 Å². The van der Waals surface area contributed by atoms with Crippen LogP contribution in [0.5, 0.6) is 0 Å². The smallest absolute Gasteiger partial charge is 0.309 e. The van der Waals surface area contributed by atoms with Crippen molar-refractivity contribution < 1.29 is 18.0 Å². The van der Waals surface area contributed by atoms with Crippen molar-refractivity contribution >= 4 is 44.3 Å². The van der Waals surface area contributed by atoms with Crippen molar-refractivity contribution in [2.24, 2.45) is 0 Å². The number of nitrogens with one attached hydrogen (secondary N) is 2. The van der Waals surface area contributed by atoms with Gasteiger partial charge in [-0.3, -0.25) is 9.59 Å². The molecule has 10 heteroatoms. The standard InChI is InChI=1S/C16H21N3O4S3/c1-19(2)8-7-17-15(20)16(21)18-11-13(12-5-3-9-24-12)26(22,23)14-6-4-10-25-14/h3-6,9-10,13H,7-8,11H2,1-2H3,(H,17,20)(H,18,21)/t13-/m1/s1. The molecule has 0 aliphatic carbocycles. The van der Waals surface area contributed by atoms with Crippen molar-refractivity contribution in [3.05, 3.63) is 39.9 Å². The molecule has 0 saturated heterocycles. The van der Waals surface area contributed by atoms with Gasteiger partial charge in [-0.2, -0.15) is 0 Å². The molecule has 0 fully saturated rings. The van der Waals surface area contributed by atoms with E-state index in [-0.39, 0.29) is 10.8 Å². The van der Waals surface area contributed by atoms with E-state index in [0.717, 1.165) is 11.3 Å². The third-order valence-corrected chi connectivity index (χ3v) is 8.16. The molecule has 2 aromatic rings. The first-order chi connectivity index (χ1) is 12.3. The third-order valence-electron chi connectivity index (χ3n) is 3.51. The molecular weight excluding hydrogens is 394 g/mol. The molecule has 2 N–H and O–H groups in total. The Labute approximate surface area is 160 Å². The fraction of sp³-hybridized carbons (Fsp3) is 0.375. The molecule has 0 radical (unpaired) electrons. The molecule has 2 heterocycles. The molecule has 26 heavy (non-hydrogen) atoms. The molecule has 0 aliphatic rings. The van der Waals surface area contributed by atoms with Crippen molar-refractivity contribution in [1.29, 1.82) is 0 Å². The normalized spacial score (nSPS) is 12.7. The minimum Gasteiger partial charge on any atom is -0.347 e. The highest BCUT2D eigenvalue weighted by Crippen LogP contribution is 2.33. The Balaban J connectivity index is 2.05. The average molecular weight is 416 g/mol. The maximum atomic E-state index is 12.9. The SMILES string of the molecule is CN(C)CCNC(=O)C(=O)NC[C@H](c1cccs1)S(=O)(=O)c1cccs1. The number of rotatable bonds is 8. The Hall–Kier alpha value is -1.75. The summed E-state index contributed by atoms with van der Waals surface area (Å²) in [4.78, 5) is 26.3. The molecule has 2 amide bonds. The molecule has 0 unspecified atom stereocenters. The van der Waals surface area contributed by atoms with Gasteiger partial charge >= 0.3 is 11.8 Å². The van der Waals surface area contributed by atoms with Crippen LogP contribution in [0.25, 0.3) is 0 Å². The van der Waals surface area contributed by atoms with E-state index in [4.69, 9.17) is 0 Å². The summed E-state index contributed by atoms with van der Waals surface area (Å²) in [6.07, 6.45) is 0. The first-order valence-corrected chi connectivity index (χ1v) is 11.1. The zero-order chi connectivity index (χ0) is 19.2. The van der Waals surface area contributed by atoms with Gasteiger partial charge in [-0.1, -0.05) is 12.1 Å². The summed E-state index contributed by atoms with van der Waals surface area (Å²) >= 11 is 2.43. The lowest BCUT2D eigenvalue weighted by atomic mass is 10.3. The van der Waals surface area contributed by atoms with Crippen molar-refractivity contribution in [2.75, 3.05) is 33.7 Å². The quantitative estimate of drug-likeness (QED) is 0.630. The summed E-state index contributed by atoms with van der Waals surface area (Å²) in [7, 11) is 0.0545. The highest BCUT2D eigenvalue weighted by atomic mass is 32.2. The molecule has 1 atom stereocenters. The molecule has 0 saturated carbocycles. The molecule has 0 bridgehead atoms. The Morgan fingerprint density at radius 1 is 1.08 bits per heavy atom. The zero-order valence-electron chi connectivity index (χ0n) is 14.5. The Bertz CT molecular complexity index is 815. The second kappa shape index (κ2) is 9.26. The molecule has 7 nitrogen and oxygen atoms in total. The van der Waals surface area contributed by atoms with Gasteiger partial charge in [0.15, 0.2) is 9.84 Å². The number of hydrogen-bond donors (Lipinski definition) is 2. The van der Waals surface area contributed by atoms with Gasteiger partial charge < -0.3 is 15.5 Å². The van der Waals surface area contributed by atoms with Crippen molar-refractivity contribution in [1.82, 2.24) is 15.5 Å². The maximum Gasteiger partial charge on any atom is 0.309 e. The molecule has 2 aromatic heterocycles. The molecule has 0 aliphatic heterocycles. The number of thiophene rings is 2. The number of nitrogens with zero attached hydrogens (tertiary/aromatic N) is 1. The predicted octanol–water partition coefficient (Wildman–Crippen LogP) is 1.12. The van der Waals surface area contributed by atoms with Gasteiger partial charge in [0.05, 0.1) is 0 Å². The number of likely N-dealkylation sites (N-methyl/N-ethyl adjacent to an activating group) is 1. The van der Waals surface area contributed by atoms with Crippen LogP contribution in [0.15, 0.2) is 39.2 Å². The van der Waals surface area contributed by atoms with Gasteiger partial charge in [0.2, 0.25) is 0 Å². The van der Waals surface area contributed by atoms with Crippen molar-refractivity contribution in [2.45, 2.75) is 9.46 Å². The van der Waals surface area contributed by atoms with E-state index in [1.165, 1.54) is 17.4 Å². The molecular formula is C16H21N3O4S3. The summed E-state index contributed by atoms with van der Waals surface area (Å²) in [5.41, 5.74) is 0. The molecule has 2 rings (SSSR count). The Morgan fingerprint density at radius 3 is 2.31 bits per heavy atom. The second-order valence-electron chi connectivity index (χ2n) is 5.75. The van der Waals surface area contributed by atoms with Crippen molar-refractivity contribution in [3.8, 4) is 0 Å². The van der Waals surface area contributed by atoms with Gasteiger partial charge in [0.1, 0.15) is 9.46 Å². The van der Waals surface area contributed by atoms with Gasteiger partial charge in [-0.05, 0) is 37.0 Å². The van der Waals surface area contributed by atoms with Crippen LogP contribution < -0.4 is 10.6 Å². The first-order valence-electron chi connectivity index (χ1n) is 7.84. The van der Waals surface area contributed by atoms with Crippen LogP contribution in [-0.2, 0) is 19.4 Å². The van der Waals surface area contributed by atoms with Crippen LogP contribution in [0, 0.1) is 0 Å². The van der Waals surface area contributed by atoms with E-state index in [2.05, 4.69) is 10.6 Å². The lowest BCUT2D eigenvalue weighted by Gasteiger charge is -2.16. The van der Waals surface area contributed by atoms with E-state index in [1.807, 2.05) is 19.0 Å². The Morgan fingerprint density at radius 2 is 1.73 bits per heavy atom. The van der Waals surface area contributed by atoms with Crippen LogP contribution in [0.2, 0.25) is 0 Å². The van der Waals surface area contributed by atoms with Gasteiger partial charge in [-0.25, -0.2) is 8.42 Å². The lowest BCUT2D eigenvalue weighted by molar-refractivity contribution is -0.139. The minimum absolute atomic E-state index is 0.166. The largest absolute Gasteiger partial charge is 0.347 e. The number of carbonyl (C=O) groups excluding carboxylic acids is 2. The summed E-state index contributed by atoms with van der Waals surface area (Å²) in [5.74, 6) is -1.61. The van der Waals surface area contributed by atoms with Crippen molar-refractivity contribution in [3.63, 3.8) is 0 Å². The fourth-order valence-corrected chi connectivity index (χ4v) is 6.13. The minimum atomic E-state index is -3.65. The van der Waals surface area contributed by atoms with E-state index in [1.54, 1.807) is 29.0 Å². The van der Waals surface area contributed by atoms with Gasteiger partial charge in [-0.15, -0.1) is 22.7 Å². The fourth-order valence-electron chi connectivity index (χ4n) is 2.14. The Kier molecular flexibility index (Phi) is 7.33. The summed E-state index contributed by atoms with van der Waals surface area (Å²) in [6.45, 7) is 0.769. The molecule has 0 spiro atoms.